The van der Waals surface area contributed by atoms with E-state index in [9.17, 15) is 31.9 Å². The number of benzene rings is 1. The molecular weight excluding hydrogens is 580 g/mol. The molecule has 15 heteroatoms. The number of alkyl halides is 3. The predicted molar refractivity (Wildman–Crippen MR) is 137 cm³/mol. The van der Waals surface area contributed by atoms with Crippen molar-refractivity contribution in [2.75, 3.05) is 18.5 Å². The van der Waals surface area contributed by atoms with Crippen molar-refractivity contribution in [3.8, 4) is 11.3 Å². The van der Waals surface area contributed by atoms with Gasteiger partial charge in [0.05, 0.1) is 24.5 Å². The van der Waals surface area contributed by atoms with Gasteiger partial charge in [0.1, 0.15) is 20.7 Å². The monoisotopic (exact) mass is 598 g/mol. The van der Waals surface area contributed by atoms with Gasteiger partial charge in [-0.2, -0.15) is 18.3 Å². The average Bonchev–Trinajstić information content (AvgIpc) is 3.40. The van der Waals surface area contributed by atoms with Gasteiger partial charge >= 0.3 is 18.1 Å². The van der Waals surface area contributed by atoms with Gasteiger partial charge in [-0.1, -0.05) is 11.6 Å². The standard InChI is InChI=1S/C25H19ClF4N4O5S/c1-4-38-23(36)16-11(3)19(24(37)39-5-2)40-22(16)32-21(35)18-17(26)20-31-14(12-6-8-13(27)9-7-12)10-15(25(28,29)30)34(20)33-18/h6-10H,4-5H2,1-3H3,(H,32,35). The maximum Gasteiger partial charge on any atom is 0.433 e. The number of carbonyl (C=O) groups is 3. The summed E-state index contributed by atoms with van der Waals surface area (Å²) in [5.74, 6) is -3.25. The Kier molecular flexibility index (Phi) is 8.12. The van der Waals surface area contributed by atoms with Gasteiger partial charge in [0, 0.05) is 5.56 Å². The second kappa shape index (κ2) is 11.2. The zero-order valence-corrected chi connectivity index (χ0v) is 22.6. The van der Waals surface area contributed by atoms with Gasteiger partial charge in [-0.3, -0.25) is 4.79 Å². The molecule has 0 saturated carbocycles. The van der Waals surface area contributed by atoms with Crippen molar-refractivity contribution < 1.29 is 41.4 Å². The molecule has 1 aromatic carbocycles. The van der Waals surface area contributed by atoms with E-state index in [1.165, 1.54) is 19.1 Å². The van der Waals surface area contributed by atoms with Crippen LogP contribution in [0.2, 0.25) is 5.02 Å². The molecule has 0 unspecified atom stereocenters. The maximum absolute atomic E-state index is 14.0. The Morgan fingerprint density at radius 1 is 1.07 bits per heavy atom. The Hall–Kier alpha value is -4.04. The lowest BCUT2D eigenvalue weighted by Crippen LogP contribution is -2.17. The van der Waals surface area contributed by atoms with Crippen molar-refractivity contribution in [1.29, 1.82) is 0 Å². The van der Waals surface area contributed by atoms with Crippen molar-refractivity contribution in [2.45, 2.75) is 26.9 Å². The SMILES string of the molecule is CCOC(=O)c1sc(NC(=O)c2nn3c(C(F)(F)F)cc(-c4ccc(F)cc4)nc3c2Cl)c(C(=O)OCC)c1C. The molecule has 0 radical (unpaired) electrons. The first kappa shape index (κ1) is 29.0. The van der Waals surface area contributed by atoms with Crippen molar-refractivity contribution in [3.63, 3.8) is 0 Å². The fourth-order valence-electron chi connectivity index (χ4n) is 3.71. The van der Waals surface area contributed by atoms with Crippen molar-refractivity contribution in [1.82, 2.24) is 14.6 Å². The van der Waals surface area contributed by atoms with Crippen LogP contribution in [0.3, 0.4) is 0 Å². The summed E-state index contributed by atoms with van der Waals surface area (Å²) in [6, 6.07) is 5.28. The summed E-state index contributed by atoms with van der Waals surface area (Å²) in [5, 5.41) is 5.52. The third-order valence-electron chi connectivity index (χ3n) is 5.49. The molecule has 40 heavy (non-hydrogen) atoms. The number of carbonyl (C=O) groups excluding carboxylic acids is 3. The van der Waals surface area contributed by atoms with Crippen LogP contribution in [0.1, 0.15) is 55.6 Å². The highest BCUT2D eigenvalue weighted by Gasteiger charge is 2.37. The molecule has 0 aliphatic heterocycles. The van der Waals surface area contributed by atoms with Crippen LogP contribution in [0, 0.1) is 12.7 Å². The number of hydrogen-bond donors (Lipinski definition) is 1. The lowest BCUT2D eigenvalue weighted by atomic mass is 10.1. The molecular formula is C25H19ClF4N4O5S. The second-order valence-corrected chi connectivity index (χ2v) is 9.48. The molecule has 0 fully saturated rings. The van der Waals surface area contributed by atoms with E-state index in [-0.39, 0.29) is 45.5 Å². The predicted octanol–water partition coefficient (Wildman–Crippen LogP) is 6.18. The topological polar surface area (TPSA) is 112 Å². The highest BCUT2D eigenvalue weighted by molar-refractivity contribution is 7.18. The molecule has 210 valence electrons. The fraction of sp³-hybridized carbons (Fsp3) is 0.240. The highest BCUT2D eigenvalue weighted by atomic mass is 35.5. The molecule has 0 spiro atoms. The van der Waals surface area contributed by atoms with E-state index < -0.39 is 51.9 Å². The fourth-order valence-corrected chi connectivity index (χ4v) is 5.04. The highest BCUT2D eigenvalue weighted by Crippen LogP contribution is 2.37. The maximum atomic E-state index is 14.0. The Balaban J connectivity index is 1.82. The Morgan fingerprint density at radius 2 is 1.70 bits per heavy atom. The van der Waals surface area contributed by atoms with Crippen LogP contribution in [-0.4, -0.2) is 45.7 Å². The smallest absolute Gasteiger partial charge is 0.433 e. The summed E-state index contributed by atoms with van der Waals surface area (Å²) >= 11 is 7.03. The van der Waals surface area contributed by atoms with Crippen LogP contribution in [-0.2, 0) is 15.7 Å². The Labute approximate surface area is 232 Å². The van der Waals surface area contributed by atoms with E-state index in [1.54, 1.807) is 13.8 Å². The van der Waals surface area contributed by atoms with Gasteiger partial charge in [0.25, 0.3) is 5.91 Å². The number of anilines is 1. The molecule has 3 heterocycles. The minimum absolute atomic E-state index is 0.00319. The zero-order chi connectivity index (χ0) is 29.4. The first-order valence-electron chi connectivity index (χ1n) is 11.6. The van der Waals surface area contributed by atoms with Gasteiger partial charge in [0.15, 0.2) is 17.0 Å². The van der Waals surface area contributed by atoms with Gasteiger partial charge < -0.3 is 14.8 Å². The van der Waals surface area contributed by atoms with E-state index in [0.717, 1.165) is 23.5 Å². The Morgan fingerprint density at radius 3 is 2.30 bits per heavy atom. The number of nitrogens with one attached hydrogen (secondary N) is 1. The third kappa shape index (κ3) is 5.49. The molecule has 4 rings (SSSR count). The van der Waals surface area contributed by atoms with E-state index in [2.05, 4.69) is 15.4 Å². The van der Waals surface area contributed by atoms with Crippen LogP contribution < -0.4 is 5.32 Å². The number of rotatable bonds is 7. The zero-order valence-electron chi connectivity index (χ0n) is 21.0. The summed E-state index contributed by atoms with van der Waals surface area (Å²) in [7, 11) is 0. The van der Waals surface area contributed by atoms with E-state index in [1.807, 2.05) is 0 Å². The summed E-state index contributed by atoms with van der Waals surface area (Å²) in [6.07, 6.45) is -4.93. The number of halogens is 5. The van der Waals surface area contributed by atoms with Crippen LogP contribution in [0.5, 0.6) is 0 Å². The molecule has 0 aliphatic carbocycles. The Bertz CT molecular complexity index is 1630. The van der Waals surface area contributed by atoms with Crippen LogP contribution >= 0.6 is 22.9 Å². The lowest BCUT2D eigenvalue weighted by Gasteiger charge is -2.11. The van der Waals surface area contributed by atoms with Crippen molar-refractivity contribution in [3.05, 3.63) is 68.6 Å². The van der Waals surface area contributed by atoms with Crippen LogP contribution in [0.15, 0.2) is 30.3 Å². The number of thiophene rings is 1. The summed E-state index contributed by atoms with van der Waals surface area (Å²) in [4.78, 5) is 42.4. The first-order chi connectivity index (χ1) is 18.9. The molecule has 0 bridgehead atoms. The molecule has 0 atom stereocenters. The largest absolute Gasteiger partial charge is 0.462 e. The molecule has 3 aromatic heterocycles. The quantitative estimate of drug-likeness (QED) is 0.200. The molecule has 4 aromatic rings. The van der Waals surface area contributed by atoms with Crippen LogP contribution in [0.25, 0.3) is 16.9 Å². The van der Waals surface area contributed by atoms with E-state index in [4.69, 9.17) is 21.1 Å². The molecule has 1 N–H and O–H groups in total. The number of esters is 2. The number of nitrogens with zero attached hydrogens (tertiary/aromatic N) is 3. The summed E-state index contributed by atoms with van der Waals surface area (Å²) < 4.78 is 65.7. The number of aromatic nitrogens is 3. The van der Waals surface area contributed by atoms with E-state index >= 15 is 0 Å². The van der Waals surface area contributed by atoms with E-state index in [0.29, 0.717) is 10.6 Å². The van der Waals surface area contributed by atoms with Gasteiger partial charge in [-0.25, -0.2) is 23.5 Å². The molecule has 0 saturated heterocycles. The second-order valence-electron chi connectivity index (χ2n) is 8.08. The summed E-state index contributed by atoms with van der Waals surface area (Å²) in [6.45, 7) is 4.66. The van der Waals surface area contributed by atoms with Crippen LogP contribution in [0.4, 0.5) is 22.6 Å². The molecule has 0 aliphatic rings. The normalized spacial score (nSPS) is 11.5. The molecule has 9 nitrogen and oxygen atoms in total. The van der Waals surface area contributed by atoms with Gasteiger partial charge in [-0.05, 0) is 56.7 Å². The number of ether oxygens (including phenoxy) is 2. The van der Waals surface area contributed by atoms with Gasteiger partial charge in [0.2, 0.25) is 0 Å². The summed E-state index contributed by atoms with van der Waals surface area (Å²) in [5.41, 5.74) is -2.38. The number of amides is 1. The average molecular weight is 599 g/mol. The third-order valence-corrected chi connectivity index (χ3v) is 7.03. The lowest BCUT2D eigenvalue weighted by molar-refractivity contribution is -0.142. The number of fused-ring (bicyclic) bond motifs is 1. The van der Waals surface area contributed by atoms with Crippen molar-refractivity contribution >= 4 is 51.4 Å². The van der Waals surface area contributed by atoms with Crippen molar-refractivity contribution in [2.24, 2.45) is 0 Å². The molecule has 1 amide bonds. The minimum atomic E-state index is -4.93. The first-order valence-corrected chi connectivity index (χ1v) is 12.8. The van der Waals surface area contributed by atoms with Gasteiger partial charge in [-0.15, -0.1) is 11.3 Å². The number of hydrogen-bond acceptors (Lipinski definition) is 8. The minimum Gasteiger partial charge on any atom is -0.462 e.